The van der Waals surface area contributed by atoms with Crippen LogP contribution in [0.3, 0.4) is 0 Å². The average molecular weight is 147 g/mol. The average Bonchev–Trinajstić information content (AvgIpc) is 2.05. The Labute approximate surface area is 67.9 Å². The molecule has 0 spiro atoms. The zero-order chi connectivity index (χ0) is 8.69. The van der Waals surface area contributed by atoms with Gasteiger partial charge in [-0.25, -0.2) is 0 Å². The molecular weight excluding hydrogens is 134 g/mol. The van der Waals surface area contributed by atoms with Gasteiger partial charge in [-0.05, 0) is 11.1 Å². The molecule has 0 aliphatic carbocycles. The van der Waals surface area contributed by atoms with Crippen LogP contribution in [0.15, 0.2) is 61.4 Å². The minimum Gasteiger partial charge on any atom is -0.404 e. The van der Waals surface area contributed by atoms with Crippen LogP contribution in [-0.2, 0) is 0 Å². The van der Waals surface area contributed by atoms with Gasteiger partial charge in [0.1, 0.15) is 0 Å². The zero-order valence-electron chi connectivity index (χ0n) is 6.59. The van der Waals surface area contributed by atoms with Crippen LogP contribution in [0.4, 0.5) is 0 Å². The number of allylic oxidation sites excluding steroid dienone is 6. The lowest BCUT2D eigenvalue weighted by Crippen LogP contribution is -1.87. The van der Waals surface area contributed by atoms with E-state index in [1.54, 1.807) is 18.2 Å². The van der Waals surface area contributed by atoms with Crippen molar-refractivity contribution in [3.63, 3.8) is 0 Å². The summed E-state index contributed by atoms with van der Waals surface area (Å²) < 4.78 is 0. The fourth-order valence-corrected chi connectivity index (χ4v) is 0.691. The van der Waals surface area contributed by atoms with Crippen molar-refractivity contribution in [3.05, 3.63) is 61.4 Å². The molecule has 0 aromatic rings. The second-order valence-electron chi connectivity index (χ2n) is 1.89. The fraction of sp³-hybridized carbons (Fsp3) is 0. The molecule has 0 saturated carbocycles. The lowest BCUT2D eigenvalue weighted by Gasteiger charge is -1.98. The van der Waals surface area contributed by atoms with E-state index < -0.39 is 0 Å². The Morgan fingerprint density at radius 2 is 1.55 bits per heavy atom. The topological polar surface area (TPSA) is 26.0 Å². The predicted octanol–water partition coefficient (Wildman–Crippen LogP) is 2.31. The van der Waals surface area contributed by atoms with E-state index >= 15 is 0 Å². The molecule has 0 fully saturated rings. The molecule has 0 aliphatic rings. The van der Waals surface area contributed by atoms with Gasteiger partial charge in [-0.15, -0.1) is 0 Å². The van der Waals surface area contributed by atoms with Gasteiger partial charge in [0.25, 0.3) is 0 Å². The normalized spacial score (nSPS) is 12.4. The monoisotopic (exact) mass is 147 g/mol. The van der Waals surface area contributed by atoms with Crippen molar-refractivity contribution in [1.29, 1.82) is 0 Å². The smallest absolute Gasteiger partial charge is 0.00173 e. The van der Waals surface area contributed by atoms with Crippen molar-refractivity contribution in [3.8, 4) is 0 Å². The van der Waals surface area contributed by atoms with Gasteiger partial charge in [0, 0.05) is 6.20 Å². The number of hydrogen-bond donors (Lipinski definition) is 1. The first-order valence-electron chi connectivity index (χ1n) is 3.30. The molecule has 0 rings (SSSR count). The summed E-state index contributed by atoms with van der Waals surface area (Å²) in [5.74, 6) is 0. The Balaban J connectivity index is 4.75. The Morgan fingerprint density at radius 3 is 1.82 bits per heavy atom. The first-order valence-corrected chi connectivity index (χ1v) is 3.30. The maximum Gasteiger partial charge on any atom is 0.00173 e. The summed E-state index contributed by atoms with van der Waals surface area (Å²) in [6.45, 7) is 10.8. The quantitative estimate of drug-likeness (QED) is 0.607. The van der Waals surface area contributed by atoms with Crippen molar-refractivity contribution >= 4 is 0 Å². The Morgan fingerprint density at radius 1 is 1.00 bits per heavy atom. The van der Waals surface area contributed by atoms with Crippen molar-refractivity contribution in [1.82, 2.24) is 0 Å². The van der Waals surface area contributed by atoms with Crippen molar-refractivity contribution < 1.29 is 0 Å². The molecule has 58 valence electrons. The summed E-state index contributed by atoms with van der Waals surface area (Å²) >= 11 is 0. The zero-order valence-corrected chi connectivity index (χ0v) is 6.59. The molecule has 0 heterocycles. The predicted molar refractivity (Wildman–Crippen MR) is 50.9 cm³/mol. The van der Waals surface area contributed by atoms with E-state index in [1.165, 1.54) is 6.20 Å². The standard InChI is InChI=1S/C10H13N/c1-4-7-9(5-2)10(6-3)8-11/h4-8H,1-3,11H2/b9-7+,10-8+. The third-order valence-corrected chi connectivity index (χ3v) is 1.25. The second kappa shape index (κ2) is 5.30. The highest BCUT2D eigenvalue weighted by Crippen LogP contribution is 2.10. The SMILES string of the molecule is C=C/C=C(C=C)/C(C=C)=C/N. The van der Waals surface area contributed by atoms with Crippen LogP contribution in [-0.4, -0.2) is 0 Å². The van der Waals surface area contributed by atoms with Crippen molar-refractivity contribution in [2.75, 3.05) is 0 Å². The Hall–Kier alpha value is -1.50. The summed E-state index contributed by atoms with van der Waals surface area (Å²) in [6.07, 6.45) is 8.39. The van der Waals surface area contributed by atoms with E-state index in [2.05, 4.69) is 19.7 Å². The summed E-state index contributed by atoms with van der Waals surface area (Å²) in [5.41, 5.74) is 7.12. The first kappa shape index (κ1) is 9.50. The Bertz CT molecular complexity index is 219. The van der Waals surface area contributed by atoms with E-state index in [9.17, 15) is 0 Å². The van der Waals surface area contributed by atoms with Gasteiger partial charge in [0.05, 0.1) is 0 Å². The molecule has 11 heavy (non-hydrogen) atoms. The van der Waals surface area contributed by atoms with Gasteiger partial charge in [-0.3, -0.25) is 0 Å². The maximum absolute atomic E-state index is 5.33. The molecule has 0 aromatic carbocycles. The van der Waals surface area contributed by atoms with Gasteiger partial charge in [0.2, 0.25) is 0 Å². The van der Waals surface area contributed by atoms with Crippen LogP contribution in [0.25, 0.3) is 0 Å². The number of rotatable bonds is 4. The lowest BCUT2D eigenvalue weighted by molar-refractivity contribution is 1.47. The largest absolute Gasteiger partial charge is 0.404 e. The summed E-state index contributed by atoms with van der Waals surface area (Å²) in [6, 6.07) is 0. The molecule has 1 nitrogen and oxygen atoms in total. The van der Waals surface area contributed by atoms with E-state index in [-0.39, 0.29) is 0 Å². The van der Waals surface area contributed by atoms with Crippen LogP contribution >= 0.6 is 0 Å². The molecular formula is C10H13N. The summed E-state index contributed by atoms with van der Waals surface area (Å²) in [4.78, 5) is 0. The third kappa shape index (κ3) is 2.72. The summed E-state index contributed by atoms with van der Waals surface area (Å²) in [7, 11) is 0. The lowest BCUT2D eigenvalue weighted by atomic mass is 10.1. The molecule has 2 N–H and O–H groups in total. The maximum atomic E-state index is 5.33. The third-order valence-electron chi connectivity index (χ3n) is 1.25. The van der Waals surface area contributed by atoms with Crippen molar-refractivity contribution in [2.24, 2.45) is 5.73 Å². The van der Waals surface area contributed by atoms with Crippen LogP contribution < -0.4 is 5.73 Å². The van der Waals surface area contributed by atoms with Gasteiger partial charge in [-0.1, -0.05) is 44.0 Å². The van der Waals surface area contributed by atoms with Crippen molar-refractivity contribution in [2.45, 2.75) is 0 Å². The molecule has 0 bridgehead atoms. The van der Waals surface area contributed by atoms with Gasteiger partial charge in [0.15, 0.2) is 0 Å². The molecule has 0 amide bonds. The molecule has 0 atom stereocenters. The van der Waals surface area contributed by atoms with Crippen LogP contribution in [0, 0.1) is 0 Å². The minimum atomic E-state index is 0.861. The molecule has 1 heteroatoms. The first-order chi connectivity index (χ1) is 5.29. The van der Waals surface area contributed by atoms with Crippen LogP contribution in [0.5, 0.6) is 0 Å². The molecule has 0 aromatic heterocycles. The van der Waals surface area contributed by atoms with Gasteiger partial charge >= 0.3 is 0 Å². The van der Waals surface area contributed by atoms with Gasteiger partial charge < -0.3 is 5.73 Å². The van der Waals surface area contributed by atoms with E-state index in [0.29, 0.717) is 0 Å². The molecule has 0 saturated heterocycles. The highest BCUT2D eigenvalue weighted by molar-refractivity contribution is 5.45. The Kier molecular flexibility index (Phi) is 4.58. The van der Waals surface area contributed by atoms with Crippen LogP contribution in [0.1, 0.15) is 0 Å². The van der Waals surface area contributed by atoms with E-state index in [0.717, 1.165) is 11.1 Å². The molecule has 0 radical (unpaired) electrons. The van der Waals surface area contributed by atoms with E-state index in [4.69, 9.17) is 5.73 Å². The molecule has 0 unspecified atom stereocenters. The molecule has 0 aliphatic heterocycles. The fourth-order valence-electron chi connectivity index (χ4n) is 0.691. The summed E-state index contributed by atoms with van der Waals surface area (Å²) in [5, 5.41) is 0. The second-order valence-corrected chi connectivity index (χ2v) is 1.89. The van der Waals surface area contributed by atoms with E-state index in [1.807, 2.05) is 6.08 Å². The van der Waals surface area contributed by atoms with Crippen LogP contribution in [0.2, 0.25) is 0 Å². The highest BCUT2D eigenvalue weighted by atomic mass is 14.5. The van der Waals surface area contributed by atoms with Gasteiger partial charge in [-0.2, -0.15) is 0 Å². The number of nitrogens with two attached hydrogens (primary N) is 1. The number of hydrogen-bond acceptors (Lipinski definition) is 1. The minimum absolute atomic E-state index is 0.861. The highest BCUT2D eigenvalue weighted by Gasteiger charge is 1.92.